The smallest absolute Gasteiger partial charge is 0.262 e. The number of aryl methyl sites for hydroxylation is 2. The van der Waals surface area contributed by atoms with Crippen molar-refractivity contribution in [2.75, 3.05) is 11.9 Å². The van der Waals surface area contributed by atoms with Gasteiger partial charge in [0.05, 0.1) is 5.92 Å². The van der Waals surface area contributed by atoms with Crippen molar-refractivity contribution in [2.45, 2.75) is 19.8 Å². The van der Waals surface area contributed by atoms with E-state index in [1.54, 1.807) is 18.2 Å². The van der Waals surface area contributed by atoms with E-state index in [9.17, 15) is 10.1 Å². The van der Waals surface area contributed by atoms with Gasteiger partial charge < -0.3 is 20.5 Å². The highest BCUT2D eigenvalue weighted by Gasteiger charge is 2.36. The van der Waals surface area contributed by atoms with Crippen LogP contribution in [0, 0.1) is 25.2 Å². The Labute approximate surface area is 207 Å². The number of hydrogen-bond donors (Lipinski definition) is 3. The lowest BCUT2D eigenvalue weighted by atomic mass is 9.83. The maximum Gasteiger partial charge on any atom is 0.262 e. The number of nitrogens with one attached hydrogen (secondary N) is 2. The second kappa shape index (κ2) is 9.29. The molecule has 1 aliphatic heterocycles. The van der Waals surface area contributed by atoms with Crippen LogP contribution in [0.15, 0.2) is 56.8 Å². The van der Waals surface area contributed by atoms with E-state index in [0.29, 0.717) is 28.4 Å². The second-order valence-electron chi connectivity index (χ2n) is 7.48. The molecule has 0 saturated heterocycles. The van der Waals surface area contributed by atoms with Crippen LogP contribution in [-0.4, -0.2) is 22.7 Å². The van der Waals surface area contributed by atoms with Crippen LogP contribution in [-0.2, 0) is 4.79 Å². The first-order chi connectivity index (χ1) is 15.8. The number of aromatic nitrogens is 2. The largest absolute Gasteiger partial charge is 0.483 e. The first-order valence-electron chi connectivity index (χ1n) is 9.89. The molecular weight excluding hydrogens is 554 g/mol. The summed E-state index contributed by atoms with van der Waals surface area (Å²) in [5.41, 5.74) is 10.0. The molecule has 1 unspecified atom stereocenters. The topological polar surface area (TPSA) is 126 Å². The van der Waals surface area contributed by atoms with E-state index in [1.165, 1.54) is 0 Å². The summed E-state index contributed by atoms with van der Waals surface area (Å²) in [4.78, 5) is 12.5. The lowest BCUT2D eigenvalue weighted by molar-refractivity contribution is -0.118. The van der Waals surface area contributed by atoms with Gasteiger partial charge in [0.25, 0.3) is 5.91 Å². The van der Waals surface area contributed by atoms with Crippen molar-refractivity contribution in [2.24, 2.45) is 5.73 Å². The molecule has 1 amide bonds. The second-order valence-corrected chi connectivity index (χ2v) is 9.25. The number of halogens is 2. The summed E-state index contributed by atoms with van der Waals surface area (Å²) < 4.78 is 13.2. The van der Waals surface area contributed by atoms with Gasteiger partial charge in [-0.1, -0.05) is 31.9 Å². The molecule has 8 nitrogen and oxygen atoms in total. The van der Waals surface area contributed by atoms with Crippen LogP contribution >= 0.6 is 31.9 Å². The summed E-state index contributed by atoms with van der Waals surface area (Å²) >= 11 is 6.93. The number of carbonyl (C=O) groups excluding carboxylic acids is 1. The van der Waals surface area contributed by atoms with Crippen LogP contribution in [0.4, 0.5) is 5.69 Å². The summed E-state index contributed by atoms with van der Waals surface area (Å²) in [5.74, 6) is -0.145. The Kier molecular flexibility index (Phi) is 6.44. The van der Waals surface area contributed by atoms with Crippen molar-refractivity contribution in [1.29, 1.82) is 5.26 Å². The number of H-pyrrole nitrogens is 1. The van der Waals surface area contributed by atoms with E-state index in [1.807, 2.05) is 32.0 Å². The van der Waals surface area contributed by atoms with E-state index in [4.69, 9.17) is 15.2 Å². The zero-order valence-corrected chi connectivity index (χ0v) is 20.9. The molecule has 2 aromatic carbocycles. The van der Waals surface area contributed by atoms with Gasteiger partial charge in [-0.2, -0.15) is 5.26 Å². The van der Waals surface area contributed by atoms with Crippen LogP contribution in [0.25, 0.3) is 0 Å². The van der Waals surface area contributed by atoms with Crippen molar-refractivity contribution in [3.8, 4) is 17.7 Å². The summed E-state index contributed by atoms with van der Waals surface area (Å²) in [6, 6.07) is 13.1. The Morgan fingerprint density at radius 2 is 2.09 bits per heavy atom. The number of carbonyl (C=O) groups is 1. The normalized spacial score (nSPS) is 14.8. The molecule has 4 rings (SSSR count). The number of nitrogens with two attached hydrogens (primary N) is 1. The number of benzene rings is 2. The predicted molar refractivity (Wildman–Crippen MR) is 130 cm³/mol. The van der Waals surface area contributed by atoms with Gasteiger partial charge in [0.1, 0.15) is 17.4 Å². The van der Waals surface area contributed by atoms with Gasteiger partial charge in [0.2, 0.25) is 11.8 Å². The van der Waals surface area contributed by atoms with E-state index in [2.05, 4.69) is 53.4 Å². The van der Waals surface area contributed by atoms with Crippen molar-refractivity contribution in [1.82, 2.24) is 10.2 Å². The van der Waals surface area contributed by atoms with Gasteiger partial charge in [-0.25, -0.2) is 0 Å². The molecule has 1 aliphatic rings. The van der Waals surface area contributed by atoms with E-state index >= 15 is 0 Å². The number of ether oxygens (including phenoxy) is 2. The molecule has 168 valence electrons. The lowest BCUT2D eigenvalue weighted by Crippen LogP contribution is -2.23. The van der Waals surface area contributed by atoms with Crippen LogP contribution < -0.4 is 20.5 Å². The van der Waals surface area contributed by atoms with Crippen LogP contribution in [0.5, 0.6) is 11.6 Å². The average Bonchev–Trinajstić information content (AvgIpc) is 3.14. The minimum atomic E-state index is -0.567. The Morgan fingerprint density at radius 3 is 2.82 bits per heavy atom. The zero-order valence-electron chi connectivity index (χ0n) is 17.7. The number of nitrogens with zero attached hydrogens (tertiary/aromatic N) is 2. The summed E-state index contributed by atoms with van der Waals surface area (Å²) in [6.07, 6.45) is 0. The third kappa shape index (κ3) is 4.60. The van der Waals surface area contributed by atoms with Crippen molar-refractivity contribution >= 4 is 43.5 Å². The summed E-state index contributed by atoms with van der Waals surface area (Å²) in [5, 5.41) is 19.7. The molecule has 0 spiro atoms. The molecule has 4 N–H and O–H groups in total. The Hall–Kier alpha value is -3.29. The third-order valence-corrected chi connectivity index (χ3v) is 6.60. The van der Waals surface area contributed by atoms with Gasteiger partial charge in [0, 0.05) is 31.5 Å². The third-order valence-electron chi connectivity index (χ3n) is 5.21. The molecule has 1 aromatic heterocycles. The maximum absolute atomic E-state index is 12.5. The van der Waals surface area contributed by atoms with Crippen LogP contribution in [0.1, 0.15) is 28.3 Å². The molecule has 3 aromatic rings. The number of nitriles is 1. The quantitative estimate of drug-likeness (QED) is 0.403. The van der Waals surface area contributed by atoms with Crippen LogP contribution in [0.3, 0.4) is 0 Å². The maximum atomic E-state index is 12.5. The molecule has 1 atom stereocenters. The van der Waals surface area contributed by atoms with E-state index in [-0.39, 0.29) is 24.0 Å². The minimum Gasteiger partial charge on any atom is -0.483 e. The fourth-order valence-electron chi connectivity index (χ4n) is 3.65. The summed E-state index contributed by atoms with van der Waals surface area (Å²) in [7, 11) is 0. The predicted octanol–water partition coefficient (Wildman–Crippen LogP) is 4.79. The Morgan fingerprint density at radius 1 is 1.30 bits per heavy atom. The molecule has 0 fully saturated rings. The number of aromatic amines is 1. The Balaban J connectivity index is 1.63. The highest BCUT2D eigenvalue weighted by Crippen LogP contribution is 2.46. The van der Waals surface area contributed by atoms with E-state index < -0.39 is 5.92 Å². The van der Waals surface area contributed by atoms with Gasteiger partial charge in [-0.05, 0) is 55.8 Å². The summed E-state index contributed by atoms with van der Waals surface area (Å²) in [6.45, 7) is 3.56. The fraction of sp³-hybridized carbons (Fsp3) is 0.174. The molecule has 33 heavy (non-hydrogen) atoms. The minimum absolute atomic E-state index is 0.0178. The molecular formula is C23H19Br2N5O3. The first kappa shape index (κ1) is 22.9. The zero-order chi connectivity index (χ0) is 23.7. The van der Waals surface area contributed by atoms with Gasteiger partial charge in [0.15, 0.2) is 6.61 Å². The Bertz CT molecular complexity index is 1330. The number of rotatable bonds is 5. The molecule has 2 heterocycles. The van der Waals surface area contributed by atoms with Gasteiger partial charge in [-0.3, -0.25) is 9.89 Å². The van der Waals surface area contributed by atoms with Gasteiger partial charge >= 0.3 is 0 Å². The fourth-order valence-corrected chi connectivity index (χ4v) is 4.27. The molecule has 0 aliphatic carbocycles. The molecule has 10 heteroatoms. The number of allylic oxidation sites excluding steroid dienone is 1. The van der Waals surface area contributed by atoms with Gasteiger partial charge in [-0.15, -0.1) is 5.10 Å². The molecule has 0 bridgehead atoms. The highest BCUT2D eigenvalue weighted by molar-refractivity contribution is 9.10. The lowest BCUT2D eigenvalue weighted by Gasteiger charge is -2.25. The van der Waals surface area contributed by atoms with Crippen molar-refractivity contribution < 1.29 is 14.3 Å². The number of fused-ring (bicyclic) bond motifs is 1. The number of amides is 1. The van der Waals surface area contributed by atoms with Crippen molar-refractivity contribution in [3.63, 3.8) is 0 Å². The van der Waals surface area contributed by atoms with Crippen molar-refractivity contribution in [3.05, 3.63) is 79.2 Å². The molecule has 0 radical (unpaired) electrons. The average molecular weight is 573 g/mol. The monoisotopic (exact) mass is 571 g/mol. The number of anilines is 1. The molecule has 0 saturated carbocycles. The first-order valence-corrected chi connectivity index (χ1v) is 11.5. The SMILES string of the molecule is Cc1cc(NC(=O)COc2ccc(Br)cc2C2C(C#N)=C(N)Oc3n[nH]c(C)c32)ccc1Br. The standard InChI is InChI=1S/C23H19Br2N5O3/c1-11-7-14(4-5-17(11)25)28-19(31)10-32-18-6-3-13(24)8-15(18)21-16(9-26)22(27)33-23-20(21)12(2)29-30-23/h3-8,21H,10,27H2,1-2H3,(H,28,31)(H,29,30). The highest BCUT2D eigenvalue weighted by atomic mass is 79.9. The number of hydrogen-bond acceptors (Lipinski definition) is 6. The van der Waals surface area contributed by atoms with Crippen LogP contribution in [0.2, 0.25) is 0 Å². The van der Waals surface area contributed by atoms with E-state index in [0.717, 1.165) is 20.2 Å².